The molecule has 0 saturated carbocycles. The van der Waals surface area contributed by atoms with Gasteiger partial charge in [-0.2, -0.15) is 0 Å². The highest BCUT2D eigenvalue weighted by molar-refractivity contribution is 5.69. The molecule has 2 N–H and O–H groups in total. The number of hydrogen-bond acceptors (Lipinski definition) is 2. The fourth-order valence-electron chi connectivity index (χ4n) is 1.89. The van der Waals surface area contributed by atoms with Crippen molar-refractivity contribution in [1.29, 1.82) is 0 Å². The van der Waals surface area contributed by atoms with Crippen molar-refractivity contribution in [2.24, 2.45) is 11.8 Å². The standard InChI is InChI=1S/C10H17NO2.ClH/c1-3-8-7-11-5-4-9(8)6-10(12)13-2;/h3,8-9,11H,1,4-7H2,2H3;1H/t8-,9+;/m0./s1. The molecule has 1 heterocycles. The topological polar surface area (TPSA) is 42.9 Å². The van der Waals surface area contributed by atoms with Gasteiger partial charge >= 0.3 is 5.97 Å². The molecule has 0 bridgehead atoms. The molecule has 1 saturated heterocycles. The van der Waals surface area contributed by atoms with Crippen LogP contribution in [-0.2, 0) is 9.53 Å². The Kier molecular flexibility index (Phi) is 6.58. The molecule has 0 radical (unpaired) electrons. The maximum atomic E-state index is 11.1. The van der Waals surface area contributed by atoms with Crippen LogP contribution in [0.1, 0.15) is 12.8 Å². The fraction of sp³-hybridized carbons (Fsp3) is 0.700. The van der Waals surface area contributed by atoms with E-state index in [0.717, 1.165) is 19.5 Å². The van der Waals surface area contributed by atoms with Gasteiger partial charge in [-0.25, -0.2) is 0 Å². The number of esters is 1. The van der Waals surface area contributed by atoms with Crippen LogP contribution in [0, 0.1) is 11.8 Å². The number of carbonyl (C=O) groups excluding carboxylic acids is 1. The maximum absolute atomic E-state index is 11.1. The van der Waals surface area contributed by atoms with E-state index in [4.69, 9.17) is 0 Å². The number of piperidine rings is 1. The first kappa shape index (κ1) is 13.5. The largest absolute Gasteiger partial charge is 1.00 e. The Balaban J connectivity index is 0.00000169. The molecule has 0 unspecified atom stereocenters. The van der Waals surface area contributed by atoms with E-state index < -0.39 is 0 Å². The predicted octanol–water partition coefficient (Wildman–Crippen LogP) is -3.06. The Labute approximate surface area is 91.3 Å². The highest BCUT2D eigenvalue weighted by Crippen LogP contribution is 2.21. The van der Waals surface area contributed by atoms with Gasteiger partial charge in [-0.3, -0.25) is 4.79 Å². The van der Waals surface area contributed by atoms with Gasteiger partial charge in [-0.1, -0.05) is 6.08 Å². The van der Waals surface area contributed by atoms with Crippen molar-refractivity contribution in [2.45, 2.75) is 12.8 Å². The van der Waals surface area contributed by atoms with Crippen LogP contribution < -0.4 is 17.7 Å². The number of hydrogen-bond donors (Lipinski definition) is 1. The molecule has 0 amide bonds. The SMILES string of the molecule is C=C[C@H]1C[NH2+]CC[C@@H]1CC(=O)OC.[Cl-]. The van der Waals surface area contributed by atoms with Gasteiger partial charge in [0.15, 0.2) is 0 Å². The molecule has 1 aliphatic heterocycles. The summed E-state index contributed by atoms with van der Waals surface area (Å²) in [5, 5.41) is 2.28. The summed E-state index contributed by atoms with van der Waals surface area (Å²) in [5.41, 5.74) is 0. The second-order valence-corrected chi connectivity index (χ2v) is 3.54. The molecule has 0 spiro atoms. The molecule has 3 nitrogen and oxygen atoms in total. The Hall–Kier alpha value is -0.540. The summed E-state index contributed by atoms with van der Waals surface area (Å²) in [6.45, 7) is 5.97. The van der Waals surface area contributed by atoms with Crippen LogP contribution >= 0.6 is 0 Å². The first-order valence-corrected chi connectivity index (χ1v) is 4.79. The van der Waals surface area contributed by atoms with Crippen molar-refractivity contribution in [3.05, 3.63) is 12.7 Å². The van der Waals surface area contributed by atoms with Gasteiger partial charge in [0.2, 0.25) is 0 Å². The Morgan fingerprint density at radius 3 is 3.00 bits per heavy atom. The Morgan fingerprint density at radius 2 is 2.43 bits per heavy atom. The summed E-state index contributed by atoms with van der Waals surface area (Å²) in [6, 6.07) is 0. The minimum Gasteiger partial charge on any atom is -1.00 e. The first-order chi connectivity index (χ1) is 6.27. The molecule has 0 aliphatic carbocycles. The van der Waals surface area contributed by atoms with E-state index in [1.54, 1.807) is 0 Å². The van der Waals surface area contributed by atoms with Crippen LogP contribution in [0.4, 0.5) is 0 Å². The van der Waals surface area contributed by atoms with Gasteiger partial charge in [-0.05, 0) is 5.92 Å². The van der Waals surface area contributed by atoms with E-state index in [-0.39, 0.29) is 18.4 Å². The summed E-state index contributed by atoms with van der Waals surface area (Å²) in [7, 11) is 1.44. The average molecular weight is 220 g/mol. The number of quaternary nitrogens is 1. The Morgan fingerprint density at radius 1 is 1.71 bits per heavy atom. The minimum absolute atomic E-state index is 0. The molecular weight excluding hydrogens is 202 g/mol. The van der Waals surface area contributed by atoms with Gasteiger partial charge in [0, 0.05) is 18.8 Å². The molecule has 14 heavy (non-hydrogen) atoms. The molecule has 1 rings (SSSR count). The van der Waals surface area contributed by atoms with Crippen LogP contribution in [0.2, 0.25) is 0 Å². The van der Waals surface area contributed by atoms with Crippen molar-refractivity contribution in [3.63, 3.8) is 0 Å². The highest BCUT2D eigenvalue weighted by atomic mass is 35.5. The third kappa shape index (κ3) is 3.68. The van der Waals surface area contributed by atoms with Gasteiger partial charge in [-0.15, -0.1) is 6.58 Å². The Bertz CT molecular complexity index is 197. The summed E-state index contributed by atoms with van der Waals surface area (Å²) >= 11 is 0. The van der Waals surface area contributed by atoms with Gasteiger partial charge in [0.25, 0.3) is 0 Å². The smallest absolute Gasteiger partial charge is 0.305 e. The fourth-order valence-corrected chi connectivity index (χ4v) is 1.89. The van der Waals surface area contributed by atoms with E-state index >= 15 is 0 Å². The molecule has 2 atom stereocenters. The van der Waals surface area contributed by atoms with Gasteiger partial charge < -0.3 is 22.5 Å². The number of rotatable bonds is 3. The number of carbonyl (C=O) groups is 1. The van der Waals surface area contributed by atoms with Crippen molar-refractivity contribution < 1.29 is 27.3 Å². The van der Waals surface area contributed by atoms with Gasteiger partial charge in [0.1, 0.15) is 0 Å². The maximum Gasteiger partial charge on any atom is 0.305 e. The normalized spacial score (nSPS) is 26.1. The van der Waals surface area contributed by atoms with E-state index in [1.807, 2.05) is 6.08 Å². The van der Waals surface area contributed by atoms with Crippen LogP contribution in [0.15, 0.2) is 12.7 Å². The number of methoxy groups -OCH3 is 1. The molecule has 1 fully saturated rings. The number of halogens is 1. The molecular formula is C10H18ClNO2. The first-order valence-electron chi connectivity index (χ1n) is 4.79. The van der Waals surface area contributed by atoms with Gasteiger partial charge in [0.05, 0.1) is 20.2 Å². The van der Waals surface area contributed by atoms with Crippen molar-refractivity contribution >= 4 is 5.97 Å². The molecule has 82 valence electrons. The molecule has 0 aromatic heterocycles. The monoisotopic (exact) mass is 219 g/mol. The molecule has 0 aromatic carbocycles. The summed E-state index contributed by atoms with van der Waals surface area (Å²) in [5.74, 6) is 0.807. The van der Waals surface area contributed by atoms with Crippen LogP contribution in [0.3, 0.4) is 0 Å². The van der Waals surface area contributed by atoms with E-state index in [2.05, 4.69) is 16.6 Å². The molecule has 0 aromatic rings. The van der Waals surface area contributed by atoms with E-state index in [1.165, 1.54) is 7.11 Å². The summed E-state index contributed by atoms with van der Waals surface area (Å²) < 4.78 is 4.66. The van der Waals surface area contributed by atoms with E-state index in [0.29, 0.717) is 18.3 Å². The van der Waals surface area contributed by atoms with Crippen molar-refractivity contribution in [3.8, 4) is 0 Å². The van der Waals surface area contributed by atoms with Crippen molar-refractivity contribution in [1.82, 2.24) is 0 Å². The molecule has 1 aliphatic rings. The predicted molar refractivity (Wildman–Crippen MR) is 50.1 cm³/mol. The van der Waals surface area contributed by atoms with Crippen LogP contribution in [0.25, 0.3) is 0 Å². The zero-order valence-electron chi connectivity index (χ0n) is 8.54. The highest BCUT2D eigenvalue weighted by Gasteiger charge is 2.27. The zero-order chi connectivity index (χ0) is 9.68. The average Bonchev–Trinajstić information content (AvgIpc) is 2.18. The third-order valence-electron chi connectivity index (χ3n) is 2.75. The molecule has 4 heteroatoms. The second-order valence-electron chi connectivity index (χ2n) is 3.54. The lowest BCUT2D eigenvalue weighted by Gasteiger charge is -2.26. The quantitative estimate of drug-likeness (QED) is 0.405. The van der Waals surface area contributed by atoms with Crippen LogP contribution in [-0.4, -0.2) is 26.2 Å². The lowest BCUT2D eigenvalue weighted by molar-refractivity contribution is -0.670. The zero-order valence-corrected chi connectivity index (χ0v) is 9.30. The number of ether oxygens (including phenoxy) is 1. The lowest BCUT2D eigenvalue weighted by Crippen LogP contribution is -3.00. The summed E-state index contributed by atoms with van der Waals surface area (Å²) in [6.07, 6.45) is 3.59. The second kappa shape index (κ2) is 6.85. The third-order valence-corrected chi connectivity index (χ3v) is 2.75. The summed E-state index contributed by atoms with van der Waals surface area (Å²) in [4.78, 5) is 11.1. The van der Waals surface area contributed by atoms with Crippen LogP contribution in [0.5, 0.6) is 0 Å². The number of nitrogens with two attached hydrogens (primary N) is 1. The van der Waals surface area contributed by atoms with E-state index in [9.17, 15) is 4.79 Å². The lowest BCUT2D eigenvalue weighted by atomic mass is 9.84. The minimum atomic E-state index is -0.0984. The van der Waals surface area contributed by atoms with Crippen molar-refractivity contribution in [2.75, 3.05) is 20.2 Å².